The Morgan fingerprint density at radius 3 is 2.28 bits per heavy atom. The molecule has 0 aliphatic carbocycles. The largest absolute Gasteiger partial charge is 0.457 e. The van der Waals surface area contributed by atoms with Gasteiger partial charge in [-0.05, 0) is 47.9 Å². The van der Waals surface area contributed by atoms with Crippen molar-refractivity contribution < 1.29 is 13.9 Å². The molecule has 0 radical (unpaired) electrons. The summed E-state index contributed by atoms with van der Waals surface area (Å²) < 4.78 is 18.8. The summed E-state index contributed by atoms with van der Waals surface area (Å²) in [6.07, 6.45) is 4.56. The van der Waals surface area contributed by atoms with Gasteiger partial charge in [-0.2, -0.15) is 0 Å². The van der Waals surface area contributed by atoms with Gasteiger partial charge in [0.05, 0.1) is 0 Å². The Morgan fingerprint density at radius 2 is 1.62 bits per heavy atom. The van der Waals surface area contributed by atoms with Gasteiger partial charge in [-0.15, -0.1) is 0 Å². The third-order valence-corrected chi connectivity index (χ3v) is 4.44. The normalized spacial score (nSPS) is 10.6. The standard InChI is InChI=1S/C24H25FN2O2/c1-2-3-13-26-24-17-23(12-14-27-24)29-22-10-6-19(7-11-22)16-21(28)15-18-4-8-20(25)9-5-18/h4-12,14,17H,2-3,13,15-16H2,1H3,(H,26,27). The first-order valence-corrected chi connectivity index (χ1v) is 9.85. The van der Waals surface area contributed by atoms with E-state index >= 15 is 0 Å². The minimum absolute atomic E-state index is 0.0854. The van der Waals surface area contributed by atoms with Crippen LogP contribution in [0.15, 0.2) is 66.9 Å². The first-order chi connectivity index (χ1) is 14.1. The Kier molecular flexibility index (Phi) is 7.34. The van der Waals surface area contributed by atoms with Crippen LogP contribution in [0, 0.1) is 5.82 Å². The molecule has 0 fully saturated rings. The van der Waals surface area contributed by atoms with Crippen molar-refractivity contribution in [3.05, 3.63) is 83.8 Å². The van der Waals surface area contributed by atoms with Crippen LogP contribution < -0.4 is 10.1 Å². The molecule has 4 nitrogen and oxygen atoms in total. The third kappa shape index (κ3) is 6.71. The molecule has 2 aromatic carbocycles. The fraction of sp³-hybridized carbons (Fsp3) is 0.250. The minimum Gasteiger partial charge on any atom is -0.457 e. The van der Waals surface area contributed by atoms with Crippen molar-refractivity contribution in [2.45, 2.75) is 32.6 Å². The summed E-state index contributed by atoms with van der Waals surface area (Å²) >= 11 is 0. The molecule has 5 heteroatoms. The first-order valence-electron chi connectivity index (χ1n) is 9.85. The Bertz CT molecular complexity index is 924. The van der Waals surface area contributed by atoms with Crippen molar-refractivity contribution in [1.29, 1.82) is 0 Å². The van der Waals surface area contributed by atoms with Crippen LogP contribution in [0.4, 0.5) is 10.2 Å². The van der Waals surface area contributed by atoms with Crippen molar-refractivity contribution >= 4 is 11.6 Å². The maximum Gasteiger partial charge on any atom is 0.141 e. The number of halogens is 1. The smallest absolute Gasteiger partial charge is 0.141 e. The van der Waals surface area contributed by atoms with E-state index in [2.05, 4.69) is 17.2 Å². The van der Waals surface area contributed by atoms with E-state index in [1.165, 1.54) is 12.1 Å². The second-order valence-corrected chi connectivity index (χ2v) is 6.92. The summed E-state index contributed by atoms with van der Waals surface area (Å²) in [5, 5.41) is 3.28. The van der Waals surface area contributed by atoms with Crippen molar-refractivity contribution in [3.8, 4) is 11.5 Å². The highest BCUT2D eigenvalue weighted by Crippen LogP contribution is 2.23. The van der Waals surface area contributed by atoms with Crippen LogP contribution in [0.5, 0.6) is 11.5 Å². The predicted molar refractivity (Wildman–Crippen MR) is 113 cm³/mol. The zero-order valence-electron chi connectivity index (χ0n) is 16.5. The summed E-state index contributed by atoms with van der Waals surface area (Å²) in [6, 6.07) is 17.2. The molecule has 3 rings (SSSR count). The molecule has 0 spiro atoms. The number of carbonyl (C=O) groups excluding carboxylic acids is 1. The average Bonchev–Trinajstić information content (AvgIpc) is 2.72. The molecule has 29 heavy (non-hydrogen) atoms. The fourth-order valence-electron chi connectivity index (χ4n) is 2.90. The molecule has 1 N–H and O–H groups in total. The molecule has 1 aromatic heterocycles. The van der Waals surface area contributed by atoms with E-state index in [1.54, 1.807) is 18.3 Å². The zero-order valence-corrected chi connectivity index (χ0v) is 16.5. The topological polar surface area (TPSA) is 51.2 Å². The zero-order chi connectivity index (χ0) is 20.5. The van der Waals surface area contributed by atoms with Crippen LogP contribution >= 0.6 is 0 Å². The van der Waals surface area contributed by atoms with Gasteiger partial charge in [0, 0.05) is 31.6 Å². The number of Topliss-reactive ketones (excluding diaryl/α,β-unsaturated/α-hetero) is 1. The highest BCUT2D eigenvalue weighted by atomic mass is 19.1. The van der Waals surface area contributed by atoms with Crippen molar-refractivity contribution in [2.75, 3.05) is 11.9 Å². The molecule has 0 amide bonds. The molecule has 0 saturated heterocycles. The van der Waals surface area contributed by atoms with Crippen LogP contribution in [0.1, 0.15) is 30.9 Å². The molecule has 150 valence electrons. The molecule has 0 aliphatic rings. The number of nitrogens with zero attached hydrogens (tertiary/aromatic N) is 1. The lowest BCUT2D eigenvalue weighted by Crippen LogP contribution is -2.06. The maximum atomic E-state index is 13.0. The fourth-order valence-corrected chi connectivity index (χ4v) is 2.90. The number of rotatable bonds is 10. The Hall–Kier alpha value is -3.21. The number of benzene rings is 2. The second kappa shape index (κ2) is 10.4. The van der Waals surface area contributed by atoms with Gasteiger partial charge in [0.1, 0.15) is 28.9 Å². The number of ketones is 1. The van der Waals surface area contributed by atoms with E-state index in [0.29, 0.717) is 24.3 Å². The van der Waals surface area contributed by atoms with Crippen LogP contribution in [-0.2, 0) is 17.6 Å². The van der Waals surface area contributed by atoms with E-state index in [1.807, 2.05) is 36.4 Å². The summed E-state index contributed by atoms with van der Waals surface area (Å²) in [6.45, 7) is 3.03. The van der Waals surface area contributed by atoms with E-state index < -0.39 is 0 Å². The molecular weight excluding hydrogens is 367 g/mol. The van der Waals surface area contributed by atoms with E-state index in [0.717, 1.165) is 36.3 Å². The van der Waals surface area contributed by atoms with Gasteiger partial charge in [-0.1, -0.05) is 37.6 Å². The van der Waals surface area contributed by atoms with Crippen molar-refractivity contribution in [3.63, 3.8) is 0 Å². The molecule has 0 unspecified atom stereocenters. The summed E-state index contributed by atoms with van der Waals surface area (Å²) in [5.74, 6) is 1.99. The highest BCUT2D eigenvalue weighted by molar-refractivity contribution is 5.83. The average molecular weight is 392 g/mol. The number of hydrogen-bond acceptors (Lipinski definition) is 4. The molecule has 0 bridgehead atoms. The molecule has 0 atom stereocenters. The highest BCUT2D eigenvalue weighted by Gasteiger charge is 2.07. The van der Waals surface area contributed by atoms with Gasteiger partial charge < -0.3 is 10.1 Å². The molecule has 0 aliphatic heterocycles. The van der Waals surface area contributed by atoms with Crippen LogP contribution in [0.25, 0.3) is 0 Å². The summed E-state index contributed by atoms with van der Waals surface area (Å²) in [4.78, 5) is 16.5. The van der Waals surface area contributed by atoms with E-state index in [4.69, 9.17) is 4.74 Å². The quantitative estimate of drug-likeness (QED) is 0.458. The molecule has 0 saturated carbocycles. The van der Waals surface area contributed by atoms with Gasteiger partial charge in [0.15, 0.2) is 0 Å². The van der Waals surface area contributed by atoms with Gasteiger partial charge in [-0.25, -0.2) is 9.37 Å². The lowest BCUT2D eigenvalue weighted by atomic mass is 10.0. The second-order valence-electron chi connectivity index (χ2n) is 6.92. The first kappa shape index (κ1) is 20.5. The Labute approximate surface area is 170 Å². The summed E-state index contributed by atoms with van der Waals surface area (Å²) in [7, 11) is 0. The van der Waals surface area contributed by atoms with Crippen LogP contribution in [-0.4, -0.2) is 17.3 Å². The van der Waals surface area contributed by atoms with Crippen molar-refractivity contribution in [1.82, 2.24) is 4.98 Å². The molecular formula is C24H25FN2O2. The number of pyridine rings is 1. The Balaban J connectivity index is 1.54. The lowest BCUT2D eigenvalue weighted by molar-refractivity contribution is -0.117. The van der Waals surface area contributed by atoms with Gasteiger partial charge in [-0.3, -0.25) is 4.79 Å². The number of aromatic nitrogens is 1. The number of anilines is 1. The van der Waals surface area contributed by atoms with Crippen molar-refractivity contribution in [2.24, 2.45) is 0 Å². The van der Waals surface area contributed by atoms with Gasteiger partial charge in [0.25, 0.3) is 0 Å². The monoisotopic (exact) mass is 392 g/mol. The number of unbranched alkanes of at least 4 members (excludes halogenated alkanes) is 1. The number of ether oxygens (including phenoxy) is 1. The molecule has 3 aromatic rings. The number of carbonyl (C=O) groups is 1. The minimum atomic E-state index is -0.296. The SMILES string of the molecule is CCCCNc1cc(Oc2ccc(CC(=O)Cc3ccc(F)cc3)cc2)ccn1. The maximum absolute atomic E-state index is 13.0. The van der Waals surface area contributed by atoms with E-state index in [-0.39, 0.29) is 11.6 Å². The lowest BCUT2D eigenvalue weighted by Gasteiger charge is -2.09. The third-order valence-electron chi connectivity index (χ3n) is 4.44. The number of nitrogens with one attached hydrogen (secondary N) is 1. The Morgan fingerprint density at radius 1 is 0.966 bits per heavy atom. The molecule has 1 heterocycles. The van der Waals surface area contributed by atoms with E-state index in [9.17, 15) is 9.18 Å². The van der Waals surface area contributed by atoms with Gasteiger partial charge >= 0.3 is 0 Å². The summed E-state index contributed by atoms with van der Waals surface area (Å²) in [5.41, 5.74) is 1.73. The van der Waals surface area contributed by atoms with Crippen LogP contribution in [0.3, 0.4) is 0 Å². The predicted octanol–water partition coefficient (Wildman–Crippen LogP) is 5.58. The van der Waals surface area contributed by atoms with Crippen LogP contribution in [0.2, 0.25) is 0 Å². The van der Waals surface area contributed by atoms with Gasteiger partial charge in [0.2, 0.25) is 0 Å². The number of hydrogen-bond donors (Lipinski definition) is 1.